The summed E-state index contributed by atoms with van der Waals surface area (Å²) in [6.45, 7) is 3.06. The predicted octanol–water partition coefficient (Wildman–Crippen LogP) is 2.74. The molecule has 1 saturated heterocycles. The second-order valence-corrected chi connectivity index (χ2v) is 5.24. The summed E-state index contributed by atoms with van der Waals surface area (Å²) < 4.78 is 5.19. The Morgan fingerprint density at radius 3 is 2.88 bits per heavy atom. The summed E-state index contributed by atoms with van der Waals surface area (Å²) in [5.41, 5.74) is 0.987. The number of nitrogens with zero attached hydrogens (tertiary/aromatic N) is 2. The van der Waals surface area contributed by atoms with Gasteiger partial charge < -0.3 is 9.64 Å². The molecule has 90 valence electrons. The van der Waals surface area contributed by atoms with Crippen LogP contribution in [0.15, 0.2) is 5.38 Å². The number of aromatic nitrogens is 1. The van der Waals surface area contributed by atoms with Crippen molar-refractivity contribution >= 4 is 28.1 Å². The molecule has 0 saturated carbocycles. The molecule has 2 heterocycles. The normalized spacial score (nSPS) is 18.0. The lowest BCUT2D eigenvalue weighted by atomic mass is 9.98. The first-order chi connectivity index (χ1) is 7.83. The van der Waals surface area contributed by atoms with E-state index in [1.807, 2.05) is 5.38 Å². The molecule has 5 heteroatoms. The van der Waals surface area contributed by atoms with Crippen LogP contribution in [0.1, 0.15) is 18.5 Å². The molecule has 3 nitrogen and oxygen atoms in total. The molecule has 0 N–H and O–H groups in total. The Morgan fingerprint density at radius 1 is 1.56 bits per heavy atom. The van der Waals surface area contributed by atoms with Crippen LogP contribution in [0.3, 0.4) is 0 Å². The van der Waals surface area contributed by atoms with Crippen molar-refractivity contribution in [3.05, 3.63) is 11.1 Å². The van der Waals surface area contributed by atoms with Crippen LogP contribution < -0.4 is 4.90 Å². The zero-order valence-corrected chi connectivity index (χ0v) is 11.1. The fraction of sp³-hybridized carbons (Fsp3) is 0.727. The van der Waals surface area contributed by atoms with Crippen LogP contribution in [-0.4, -0.2) is 31.8 Å². The van der Waals surface area contributed by atoms with Crippen molar-refractivity contribution in [1.29, 1.82) is 0 Å². The third kappa shape index (κ3) is 2.87. The molecular weight excluding hydrogens is 244 g/mol. The fourth-order valence-electron chi connectivity index (χ4n) is 2.03. The Kier molecular flexibility index (Phi) is 4.44. The minimum atomic E-state index is 0.511. The minimum absolute atomic E-state index is 0.511. The zero-order valence-electron chi connectivity index (χ0n) is 9.49. The molecule has 1 aliphatic rings. The Morgan fingerprint density at radius 2 is 2.31 bits per heavy atom. The van der Waals surface area contributed by atoms with Crippen LogP contribution in [-0.2, 0) is 10.6 Å². The predicted molar refractivity (Wildman–Crippen MR) is 68.5 cm³/mol. The maximum Gasteiger partial charge on any atom is 0.185 e. The van der Waals surface area contributed by atoms with Gasteiger partial charge in [0.15, 0.2) is 5.13 Å². The second-order valence-electron chi connectivity index (χ2n) is 4.14. The number of halogens is 1. The van der Waals surface area contributed by atoms with Gasteiger partial charge in [0.1, 0.15) is 0 Å². The highest BCUT2D eigenvalue weighted by molar-refractivity contribution is 7.13. The Balaban J connectivity index is 1.88. The topological polar surface area (TPSA) is 25.4 Å². The fourth-order valence-corrected chi connectivity index (χ4v) is 3.14. The molecule has 16 heavy (non-hydrogen) atoms. The minimum Gasteiger partial charge on any atom is -0.384 e. The molecule has 0 amide bonds. The quantitative estimate of drug-likeness (QED) is 0.779. The number of rotatable bonds is 4. The highest BCUT2D eigenvalue weighted by Crippen LogP contribution is 2.26. The molecule has 1 fully saturated rings. The van der Waals surface area contributed by atoms with Crippen molar-refractivity contribution in [1.82, 2.24) is 4.98 Å². The van der Waals surface area contributed by atoms with Gasteiger partial charge in [-0.2, -0.15) is 0 Å². The highest BCUT2D eigenvalue weighted by Gasteiger charge is 2.20. The number of anilines is 1. The van der Waals surface area contributed by atoms with Crippen LogP contribution in [0.5, 0.6) is 0 Å². The SMILES string of the molecule is COCC1CCN(c2nc(CCl)cs2)CC1. The monoisotopic (exact) mass is 260 g/mol. The van der Waals surface area contributed by atoms with Crippen molar-refractivity contribution in [3.63, 3.8) is 0 Å². The smallest absolute Gasteiger partial charge is 0.185 e. The lowest BCUT2D eigenvalue weighted by Crippen LogP contribution is -2.34. The number of methoxy groups -OCH3 is 1. The zero-order chi connectivity index (χ0) is 11.4. The second kappa shape index (κ2) is 5.84. The molecule has 0 aliphatic carbocycles. The third-order valence-corrected chi connectivity index (χ3v) is 4.19. The summed E-state index contributed by atoms with van der Waals surface area (Å²) in [6.07, 6.45) is 2.40. The molecule has 1 aliphatic heterocycles. The largest absolute Gasteiger partial charge is 0.384 e. The van der Waals surface area contributed by atoms with E-state index in [-0.39, 0.29) is 0 Å². The number of thiazole rings is 1. The lowest BCUT2D eigenvalue weighted by molar-refractivity contribution is 0.139. The van der Waals surface area contributed by atoms with E-state index in [2.05, 4.69) is 9.88 Å². The number of piperidine rings is 1. The van der Waals surface area contributed by atoms with Crippen LogP contribution in [0.4, 0.5) is 5.13 Å². The molecule has 0 bridgehead atoms. The summed E-state index contributed by atoms with van der Waals surface area (Å²) in [4.78, 5) is 6.86. The van der Waals surface area contributed by atoms with Crippen LogP contribution >= 0.6 is 22.9 Å². The molecule has 0 atom stereocenters. The number of hydrogen-bond acceptors (Lipinski definition) is 4. The molecular formula is C11H17ClN2OS. The Hall–Kier alpha value is -0.320. The summed E-state index contributed by atoms with van der Waals surface area (Å²) in [5.74, 6) is 1.23. The first-order valence-electron chi connectivity index (χ1n) is 5.57. The van der Waals surface area contributed by atoms with Crippen LogP contribution in [0.2, 0.25) is 0 Å². The van der Waals surface area contributed by atoms with Gasteiger partial charge >= 0.3 is 0 Å². The van der Waals surface area contributed by atoms with E-state index in [4.69, 9.17) is 16.3 Å². The van der Waals surface area contributed by atoms with Gasteiger partial charge in [0.05, 0.1) is 11.6 Å². The van der Waals surface area contributed by atoms with Gasteiger partial charge in [0, 0.05) is 32.2 Å². The van der Waals surface area contributed by atoms with Gasteiger partial charge in [0.25, 0.3) is 0 Å². The average molecular weight is 261 g/mol. The first kappa shape index (κ1) is 12.1. The van der Waals surface area contributed by atoms with Gasteiger partial charge in [-0.1, -0.05) is 0 Å². The van der Waals surface area contributed by atoms with Gasteiger partial charge in [-0.05, 0) is 18.8 Å². The van der Waals surface area contributed by atoms with Crippen molar-refractivity contribution in [2.75, 3.05) is 31.7 Å². The van der Waals surface area contributed by atoms with Gasteiger partial charge in [0.2, 0.25) is 0 Å². The Labute approximate surface area is 105 Å². The number of hydrogen-bond donors (Lipinski definition) is 0. The van der Waals surface area contributed by atoms with Gasteiger partial charge in [-0.25, -0.2) is 4.98 Å². The summed E-state index contributed by atoms with van der Waals surface area (Å²) in [5, 5.41) is 3.16. The standard InChI is InChI=1S/C11H17ClN2OS/c1-15-7-9-2-4-14(5-3-9)11-13-10(6-12)8-16-11/h8-9H,2-7H2,1H3. The summed E-state index contributed by atoms with van der Waals surface area (Å²) >= 11 is 7.45. The Bertz CT molecular complexity index is 324. The molecule has 1 aromatic rings. The third-order valence-electron chi connectivity index (χ3n) is 2.96. The van der Waals surface area contributed by atoms with E-state index in [0.717, 1.165) is 30.5 Å². The van der Waals surface area contributed by atoms with E-state index >= 15 is 0 Å². The molecule has 2 rings (SSSR count). The van der Waals surface area contributed by atoms with Crippen molar-refractivity contribution in [2.45, 2.75) is 18.7 Å². The van der Waals surface area contributed by atoms with E-state index < -0.39 is 0 Å². The molecule has 0 spiro atoms. The summed E-state index contributed by atoms with van der Waals surface area (Å²) in [6, 6.07) is 0. The number of ether oxygens (including phenoxy) is 1. The summed E-state index contributed by atoms with van der Waals surface area (Å²) in [7, 11) is 1.78. The average Bonchev–Trinajstić information content (AvgIpc) is 2.79. The van der Waals surface area contributed by atoms with Crippen molar-refractivity contribution in [3.8, 4) is 0 Å². The van der Waals surface area contributed by atoms with Gasteiger partial charge in [-0.15, -0.1) is 22.9 Å². The van der Waals surface area contributed by atoms with E-state index in [9.17, 15) is 0 Å². The first-order valence-corrected chi connectivity index (χ1v) is 6.99. The van der Waals surface area contributed by atoms with Crippen LogP contribution in [0, 0.1) is 5.92 Å². The van der Waals surface area contributed by atoms with E-state index in [0.29, 0.717) is 11.8 Å². The highest BCUT2D eigenvalue weighted by atomic mass is 35.5. The molecule has 0 radical (unpaired) electrons. The van der Waals surface area contributed by atoms with E-state index in [1.54, 1.807) is 18.4 Å². The molecule has 0 aromatic carbocycles. The maximum atomic E-state index is 5.75. The number of alkyl halides is 1. The van der Waals surface area contributed by atoms with Crippen LogP contribution in [0.25, 0.3) is 0 Å². The maximum absolute atomic E-state index is 5.75. The lowest BCUT2D eigenvalue weighted by Gasteiger charge is -2.31. The van der Waals surface area contributed by atoms with Crippen molar-refractivity contribution < 1.29 is 4.74 Å². The van der Waals surface area contributed by atoms with Crippen molar-refractivity contribution in [2.24, 2.45) is 5.92 Å². The van der Waals surface area contributed by atoms with Gasteiger partial charge in [-0.3, -0.25) is 0 Å². The molecule has 1 aromatic heterocycles. The molecule has 0 unspecified atom stereocenters. The van der Waals surface area contributed by atoms with E-state index in [1.165, 1.54) is 12.8 Å².